The zero-order valence-corrected chi connectivity index (χ0v) is 26.8. The zero-order valence-electron chi connectivity index (χ0n) is 23.7. The highest BCUT2D eigenvalue weighted by molar-refractivity contribution is 7.74. The Balaban J connectivity index is 0.00000648. The van der Waals surface area contributed by atoms with Gasteiger partial charge in [-0.05, 0) is 36.8 Å². The van der Waals surface area contributed by atoms with Gasteiger partial charge >= 0.3 is 0 Å². The van der Waals surface area contributed by atoms with Gasteiger partial charge in [0.25, 0.3) is 0 Å². The van der Waals surface area contributed by atoms with Crippen LogP contribution in [0.1, 0.15) is 128 Å². The van der Waals surface area contributed by atoms with Gasteiger partial charge in [0.05, 0.1) is 24.6 Å². The van der Waals surface area contributed by atoms with E-state index in [0.29, 0.717) is 0 Å². The Kier molecular flexibility index (Phi) is 21.1. The molecule has 0 spiro atoms. The normalized spacial score (nSPS) is 11.4. The average Bonchev–Trinajstić information content (AvgIpc) is 2.88. The Morgan fingerprint density at radius 3 is 1.06 bits per heavy atom. The van der Waals surface area contributed by atoms with Crippen LogP contribution in [0.2, 0.25) is 0 Å². The number of unbranched alkanes of at least 4 members (excludes halogenated alkanes) is 14. The fraction of sp³-hybridized carbons (Fsp3) is 0.647. The molecule has 204 valence electrons. The Hall–Kier alpha value is -0.400. The monoisotopic (exact) mass is 622 g/mol. The van der Waals surface area contributed by atoms with Gasteiger partial charge in [-0.25, -0.2) is 0 Å². The molecule has 0 aromatic heterocycles. The Morgan fingerprint density at radius 2 is 0.722 bits per heavy atom. The van der Waals surface area contributed by atoms with Gasteiger partial charge in [-0.3, -0.25) is 0 Å². The molecule has 0 aliphatic rings. The summed E-state index contributed by atoms with van der Waals surface area (Å²) >= 11 is 0. The molecule has 0 aliphatic heterocycles. The standard InChI is InChI=1S/C34H56P.HI/c1-3-5-7-9-11-13-15-23-29-35(31-33-25-19-17-20-26-33,32-34-27-21-18-22-28-34)30-24-16-14-12-10-8-6-4-2;/h17-22,25-28H,3-16,23-24,29-32H2,1-2H3;1H/q+1;/p-1. The number of benzene rings is 2. The average molecular weight is 623 g/mol. The fourth-order valence-corrected chi connectivity index (χ4v) is 10.3. The van der Waals surface area contributed by atoms with Crippen LogP contribution in [0.5, 0.6) is 0 Å². The molecule has 0 aliphatic carbocycles. The first-order valence-corrected chi connectivity index (χ1v) is 17.7. The van der Waals surface area contributed by atoms with Crippen molar-refractivity contribution in [1.29, 1.82) is 0 Å². The summed E-state index contributed by atoms with van der Waals surface area (Å²) in [6.45, 7) is 4.63. The number of halogens is 1. The maximum Gasteiger partial charge on any atom is 0.0846 e. The van der Waals surface area contributed by atoms with Crippen molar-refractivity contribution >= 4 is 7.26 Å². The second kappa shape index (κ2) is 22.6. The summed E-state index contributed by atoms with van der Waals surface area (Å²) in [5.74, 6) is 0. The van der Waals surface area contributed by atoms with Crippen LogP contribution < -0.4 is 24.0 Å². The third-order valence-electron chi connectivity index (χ3n) is 7.69. The molecule has 0 heterocycles. The topological polar surface area (TPSA) is 0 Å². The van der Waals surface area contributed by atoms with E-state index in [4.69, 9.17) is 0 Å². The maximum absolute atomic E-state index is 2.39. The fourth-order valence-electron chi connectivity index (χ4n) is 5.59. The van der Waals surface area contributed by atoms with E-state index in [1.807, 2.05) is 0 Å². The molecular weight excluding hydrogens is 566 g/mol. The first kappa shape index (κ1) is 33.6. The molecule has 2 aromatic rings. The Labute approximate surface area is 243 Å². The maximum atomic E-state index is 2.39. The molecule has 0 atom stereocenters. The Morgan fingerprint density at radius 1 is 0.417 bits per heavy atom. The van der Waals surface area contributed by atoms with Crippen molar-refractivity contribution in [3.05, 3.63) is 71.8 Å². The second-order valence-electron chi connectivity index (χ2n) is 11.0. The largest absolute Gasteiger partial charge is 1.00 e. The van der Waals surface area contributed by atoms with Gasteiger partial charge in [-0.1, -0.05) is 152 Å². The molecule has 36 heavy (non-hydrogen) atoms. The van der Waals surface area contributed by atoms with Crippen LogP contribution in [0.15, 0.2) is 60.7 Å². The summed E-state index contributed by atoms with van der Waals surface area (Å²) in [4.78, 5) is 0. The van der Waals surface area contributed by atoms with Crippen LogP contribution >= 0.6 is 7.26 Å². The van der Waals surface area contributed by atoms with E-state index in [1.54, 1.807) is 11.1 Å². The molecule has 0 saturated carbocycles. The van der Waals surface area contributed by atoms with E-state index in [-0.39, 0.29) is 24.0 Å². The van der Waals surface area contributed by atoms with Crippen LogP contribution in [0.25, 0.3) is 0 Å². The van der Waals surface area contributed by atoms with E-state index in [0.717, 1.165) is 0 Å². The van der Waals surface area contributed by atoms with E-state index in [1.165, 1.54) is 127 Å². The second-order valence-corrected chi connectivity index (χ2v) is 15.2. The highest BCUT2D eigenvalue weighted by atomic mass is 127. The first-order chi connectivity index (χ1) is 17.3. The van der Waals surface area contributed by atoms with Gasteiger partial charge in [0.15, 0.2) is 0 Å². The predicted molar refractivity (Wildman–Crippen MR) is 162 cm³/mol. The molecule has 2 rings (SSSR count). The first-order valence-electron chi connectivity index (χ1n) is 15.2. The van der Waals surface area contributed by atoms with Gasteiger partial charge in [0.2, 0.25) is 0 Å². The van der Waals surface area contributed by atoms with Gasteiger partial charge in [0.1, 0.15) is 0 Å². The molecule has 0 saturated heterocycles. The van der Waals surface area contributed by atoms with Crippen molar-refractivity contribution in [3.8, 4) is 0 Å². The Bertz CT molecular complexity index is 651. The number of hydrogen-bond acceptors (Lipinski definition) is 0. The van der Waals surface area contributed by atoms with Crippen molar-refractivity contribution in [1.82, 2.24) is 0 Å². The zero-order chi connectivity index (χ0) is 24.9. The van der Waals surface area contributed by atoms with Crippen LogP contribution in [0.3, 0.4) is 0 Å². The highest BCUT2D eigenvalue weighted by Crippen LogP contribution is 2.65. The minimum Gasteiger partial charge on any atom is -1.00 e. The van der Waals surface area contributed by atoms with Crippen molar-refractivity contribution in [2.45, 2.75) is 129 Å². The lowest BCUT2D eigenvalue weighted by Crippen LogP contribution is -3.00. The molecule has 0 unspecified atom stereocenters. The van der Waals surface area contributed by atoms with Crippen LogP contribution in [0, 0.1) is 0 Å². The van der Waals surface area contributed by atoms with Crippen molar-refractivity contribution in [2.75, 3.05) is 12.3 Å². The van der Waals surface area contributed by atoms with Gasteiger partial charge in [-0.2, -0.15) is 0 Å². The molecule has 2 heteroatoms. The lowest BCUT2D eigenvalue weighted by molar-refractivity contribution is -0.00000766. The molecule has 2 aromatic carbocycles. The summed E-state index contributed by atoms with van der Waals surface area (Å²) in [6.07, 6.45) is 28.5. The van der Waals surface area contributed by atoms with Crippen LogP contribution in [-0.4, -0.2) is 12.3 Å². The quantitative estimate of drug-likeness (QED) is 0.0701. The van der Waals surface area contributed by atoms with E-state index in [2.05, 4.69) is 74.5 Å². The number of rotatable bonds is 22. The van der Waals surface area contributed by atoms with Crippen LogP contribution in [-0.2, 0) is 12.3 Å². The summed E-state index contributed by atoms with van der Waals surface area (Å²) in [7, 11) is -1.07. The van der Waals surface area contributed by atoms with Crippen molar-refractivity contribution in [3.63, 3.8) is 0 Å². The minimum absolute atomic E-state index is 0. The molecule has 0 amide bonds. The predicted octanol–water partition coefficient (Wildman–Crippen LogP) is 8.69. The molecule has 0 bridgehead atoms. The van der Waals surface area contributed by atoms with E-state index >= 15 is 0 Å². The summed E-state index contributed by atoms with van der Waals surface area (Å²) in [6, 6.07) is 22.9. The van der Waals surface area contributed by atoms with Gasteiger partial charge in [-0.15, -0.1) is 0 Å². The lowest BCUT2D eigenvalue weighted by atomic mass is 10.1. The lowest BCUT2D eigenvalue weighted by Gasteiger charge is -2.29. The molecule has 0 N–H and O–H groups in total. The van der Waals surface area contributed by atoms with Crippen molar-refractivity contribution < 1.29 is 24.0 Å². The van der Waals surface area contributed by atoms with E-state index in [9.17, 15) is 0 Å². The van der Waals surface area contributed by atoms with Gasteiger partial charge < -0.3 is 24.0 Å². The van der Waals surface area contributed by atoms with Gasteiger partial charge in [0, 0.05) is 7.26 Å². The smallest absolute Gasteiger partial charge is 0.0846 e. The molecular formula is C34H56IP. The number of hydrogen-bond donors (Lipinski definition) is 0. The molecule has 0 fully saturated rings. The summed E-state index contributed by atoms with van der Waals surface area (Å²) in [5, 5.41) is 0. The third-order valence-corrected chi connectivity index (χ3v) is 12.3. The highest BCUT2D eigenvalue weighted by Gasteiger charge is 2.36. The summed E-state index contributed by atoms with van der Waals surface area (Å²) in [5.41, 5.74) is 3.16. The minimum atomic E-state index is -1.07. The van der Waals surface area contributed by atoms with E-state index < -0.39 is 7.26 Å². The van der Waals surface area contributed by atoms with Crippen molar-refractivity contribution in [2.24, 2.45) is 0 Å². The third kappa shape index (κ3) is 15.8. The summed E-state index contributed by atoms with van der Waals surface area (Å²) < 4.78 is 0. The molecule has 0 nitrogen and oxygen atoms in total. The molecule has 0 radical (unpaired) electrons. The van der Waals surface area contributed by atoms with Crippen LogP contribution in [0.4, 0.5) is 0 Å². The SMILES string of the molecule is CCCCCCCCCC[P+](CCCCCCCCCC)(Cc1ccccc1)Cc1ccccc1.[I-].